The summed E-state index contributed by atoms with van der Waals surface area (Å²) in [7, 11) is 0. The predicted molar refractivity (Wildman–Crippen MR) is 255 cm³/mol. The summed E-state index contributed by atoms with van der Waals surface area (Å²) < 4.78 is 0. The van der Waals surface area contributed by atoms with E-state index in [1.54, 1.807) is 0 Å². The predicted octanol–water partition coefficient (Wildman–Crippen LogP) is -10.1. The average Bonchev–Trinajstić information content (AvgIpc) is 3.84. The maximum atomic E-state index is 13.5. The second kappa shape index (κ2) is 34.6. The Hall–Kier alpha value is -7.74. The lowest BCUT2D eigenvalue weighted by molar-refractivity contribution is -0.144. The summed E-state index contributed by atoms with van der Waals surface area (Å²) in [6, 6.07) is -7.87. The number of primary amides is 1. The summed E-state index contributed by atoms with van der Waals surface area (Å²) in [5.41, 5.74) is 27.0. The Bertz CT molecular complexity index is 1980. The van der Waals surface area contributed by atoms with E-state index >= 15 is 0 Å². The van der Waals surface area contributed by atoms with E-state index in [-0.39, 0.29) is 64.1 Å². The molecule has 1 aliphatic rings. The number of carboxylic acid groups (broad SMARTS) is 1. The maximum absolute atomic E-state index is 13.5. The molecule has 12 amide bonds. The highest BCUT2D eigenvalue weighted by molar-refractivity contribution is 5.98. The van der Waals surface area contributed by atoms with Crippen LogP contribution in [0.2, 0.25) is 0 Å². The van der Waals surface area contributed by atoms with E-state index in [1.807, 2.05) is 0 Å². The number of carbonyl (C=O) groups excluding carboxylic acids is 12. The lowest BCUT2D eigenvalue weighted by atomic mass is 10.1. The quantitative estimate of drug-likeness (QED) is 0.0159. The third-order valence-electron chi connectivity index (χ3n) is 10.4. The van der Waals surface area contributed by atoms with Gasteiger partial charge in [-0.3, -0.25) is 67.3 Å². The molecule has 0 bridgehead atoms. The molecule has 6 atom stereocenters. The molecule has 0 aromatic carbocycles. The summed E-state index contributed by atoms with van der Waals surface area (Å²) in [6.07, 6.45) is 0.755. The van der Waals surface area contributed by atoms with Crippen LogP contribution in [0.25, 0.3) is 0 Å². The van der Waals surface area contributed by atoms with Crippen LogP contribution in [0.1, 0.15) is 71.1 Å². The standard InChI is InChI=1S/C41H71N17O15/c1-22(43)36(69)52-18-31(63)51-17-30(62)50-16-29(61)47-12-5-10-28(60)49-19-32(64)54-24(8-4-13-48-41(45)46)37(70)53-20-33(65)55-25(15-34(66)67)38(71)57-26(21-59)40(73)58-14-6-9-27(58)39(72)56-23(35(44)68)7-2-3-11-42/h22-27,59H,2-21,42-43H2,1H3,(H2,44,68)(H,47,61)(H,49,60)(H,50,62)(H,51,63)(H,52,69)(H,53,70)(H,54,64)(H,55,65)(H,56,72)(H,57,71)(H,66,67)(H4,45,46,48)/t22-,23-,24-,25-,26-,27-/m0/s1. The van der Waals surface area contributed by atoms with Gasteiger partial charge in [0.2, 0.25) is 70.9 Å². The van der Waals surface area contributed by atoms with Gasteiger partial charge in [-0.2, -0.15) is 0 Å². The van der Waals surface area contributed by atoms with Crippen molar-refractivity contribution in [3.63, 3.8) is 0 Å². The number of aliphatic imine (C=N–C) groups is 1. The van der Waals surface area contributed by atoms with Gasteiger partial charge < -0.3 is 96.9 Å². The summed E-state index contributed by atoms with van der Waals surface area (Å²) in [5, 5.41) is 42.7. The number of hydrogen-bond acceptors (Lipinski definition) is 17. The molecular formula is C41H71N17O15. The number of rotatable bonds is 35. The zero-order chi connectivity index (χ0) is 55.0. The Labute approximate surface area is 419 Å². The number of nitrogens with two attached hydrogens (primary N) is 5. The van der Waals surface area contributed by atoms with E-state index in [0.29, 0.717) is 25.8 Å². The van der Waals surface area contributed by atoms with E-state index < -0.39 is 159 Å². The number of unbranched alkanes of at least 4 members (excludes halogenated alkanes) is 1. The molecule has 0 radical (unpaired) electrons. The number of carboxylic acids is 1. The molecule has 1 fully saturated rings. The van der Waals surface area contributed by atoms with Crippen molar-refractivity contribution in [2.75, 3.05) is 65.5 Å². The van der Waals surface area contributed by atoms with Crippen molar-refractivity contribution in [1.29, 1.82) is 0 Å². The van der Waals surface area contributed by atoms with Crippen LogP contribution in [0.5, 0.6) is 0 Å². The van der Waals surface area contributed by atoms with Crippen molar-refractivity contribution >= 4 is 82.8 Å². The number of aliphatic hydroxyl groups is 1. The van der Waals surface area contributed by atoms with Crippen molar-refractivity contribution in [2.24, 2.45) is 33.7 Å². The molecule has 73 heavy (non-hydrogen) atoms. The summed E-state index contributed by atoms with van der Waals surface area (Å²) >= 11 is 0. The number of aliphatic hydroxyl groups excluding tert-OH is 1. The maximum Gasteiger partial charge on any atom is 0.305 e. The molecule has 1 aliphatic heterocycles. The van der Waals surface area contributed by atoms with Crippen LogP contribution in [0, 0.1) is 0 Å². The average molecular weight is 1040 g/mol. The number of aliphatic carboxylic acids is 1. The van der Waals surface area contributed by atoms with Crippen LogP contribution < -0.4 is 81.8 Å². The molecular weight excluding hydrogens is 971 g/mol. The van der Waals surface area contributed by atoms with Gasteiger partial charge in [0.05, 0.1) is 51.8 Å². The zero-order valence-corrected chi connectivity index (χ0v) is 40.6. The minimum atomic E-state index is -1.85. The van der Waals surface area contributed by atoms with E-state index in [4.69, 9.17) is 28.7 Å². The van der Waals surface area contributed by atoms with E-state index in [2.05, 4.69) is 58.2 Å². The fourth-order valence-electron chi connectivity index (χ4n) is 6.56. The molecule has 32 nitrogen and oxygen atoms in total. The van der Waals surface area contributed by atoms with E-state index in [9.17, 15) is 72.5 Å². The third kappa shape index (κ3) is 26.9. The molecule has 0 spiro atoms. The highest BCUT2D eigenvalue weighted by Gasteiger charge is 2.39. The number of carbonyl (C=O) groups is 13. The van der Waals surface area contributed by atoms with Gasteiger partial charge >= 0.3 is 5.97 Å². The lowest BCUT2D eigenvalue weighted by Gasteiger charge is -2.29. The molecule has 410 valence electrons. The molecule has 1 saturated heterocycles. The van der Waals surface area contributed by atoms with Crippen molar-refractivity contribution in [3.05, 3.63) is 0 Å². The van der Waals surface area contributed by atoms with Gasteiger partial charge in [0, 0.05) is 26.1 Å². The van der Waals surface area contributed by atoms with Gasteiger partial charge in [0.25, 0.3) is 0 Å². The second-order valence-corrected chi connectivity index (χ2v) is 16.5. The zero-order valence-electron chi connectivity index (χ0n) is 40.6. The fraction of sp³-hybridized carbons (Fsp3) is 0.659. The fourth-order valence-corrected chi connectivity index (χ4v) is 6.56. The van der Waals surface area contributed by atoms with Gasteiger partial charge in [-0.05, 0) is 64.8 Å². The first-order valence-electron chi connectivity index (χ1n) is 23.2. The van der Waals surface area contributed by atoms with Gasteiger partial charge in [0.15, 0.2) is 5.96 Å². The van der Waals surface area contributed by atoms with Crippen molar-refractivity contribution in [2.45, 2.75) is 107 Å². The van der Waals surface area contributed by atoms with Crippen LogP contribution in [0.3, 0.4) is 0 Å². The largest absolute Gasteiger partial charge is 0.481 e. The molecule has 0 unspecified atom stereocenters. The Morgan fingerprint density at radius 1 is 0.616 bits per heavy atom. The van der Waals surface area contributed by atoms with Gasteiger partial charge in [-0.1, -0.05) is 0 Å². The molecule has 0 aromatic rings. The molecule has 0 aliphatic carbocycles. The van der Waals surface area contributed by atoms with Crippen LogP contribution in [0.4, 0.5) is 0 Å². The number of nitrogens with zero attached hydrogens (tertiary/aromatic N) is 2. The van der Waals surface area contributed by atoms with E-state index in [1.165, 1.54) is 6.92 Å². The van der Waals surface area contributed by atoms with Crippen molar-refractivity contribution < 1.29 is 72.5 Å². The highest BCUT2D eigenvalue weighted by atomic mass is 16.4. The Morgan fingerprint density at radius 2 is 1.16 bits per heavy atom. The second-order valence-electron chi connectivity index (χ2n) is 16.5. The van der Waals surface area contributed by atoms with Gasteiger partial charge in [-0.25, -0.2) is 0 Å². The topological polar surface area (TPSA) is 528 Å². The van der Waals surface area contributed by atoms with E-state index in [0.717, 1.165) is 4.90 Å². The summed E-state index contributed by atoms with van der Waals surface area (Å²) in [4.78, 5) is 167. The Balaban J connectivity index is 2.75. The van der Waals surface area contributed by atoms with Gasteiger partial charge in [0.1, 0.15) is 30.2 Å². The van der Waals surface area contributed by atoms with Crippen molar-refractivity contribution in [1.82, 2.24) is 58.1 Å². The molecule has 1 heterocycles. The summed E-state index contributed by atoms with van der Waals surface area (Å²) in [5.74, 6) is -11.4. The Morgan fingerprint density at radius 3 is 1.74 bits per heavy atom. The molecule has 1 rings (SSSR count). The molecule has 22 N–H and O–H groups in total. The number of likely N-dealkylation sites (tertiary alicyclic amines) is 1. The monoisotopic (exact) mass is 1040 g/mol. The first-order chi connectivity index (χ1) is 34.5. The minimum absolute atomic E-state index is 0.00000394. The normalized spacial score (nSPS) is 14.7. The lowest BCUT2D eigenvalue weighted by Crippen LogP contribution is -2.59. The number of nitrogens with one attached hydrogen (secondary N) is 10. The first-order valence-corrected chi connectivity index (χ1v) is 23.2. The number of guanidine groups is 1. The Kier molecular flexibility index (Phi) is 30.0. The highest BCUT2D eigenvalue weighted by Crippen LogP contribution is 2.19. The number of amides is 12. The van der Waals surface area contributed by atoms with Crippen molar-refractivity contribution in [3.8, 4) is 0 Å². The summed E-state index contributed by atoms with van der Waals surface area (Å²) in [6.45, 7) is -1.96. The van der Waals surface area contributed by atoms with Crippen LogP contribution >= 0.6 is 0 Å². The molecule has 0 aromatic heterocycles. The van der Waals surface area contributed by atoms with Crippen LogP contribution in [0.15, 0.2) is 4.99 Å². The third-order valence-corrected chi connectivity index (χ3v) is 10.4. The first kappa shape index (κ1) is 63.3. The SMILES string of the molecule is C[C@H](N)C(=O)NCC(=O)NCC(=O)NCC(=O)NCCCC(=O)NCC(=O)N[C@@H](CCCN=C(N)N)C(=O)NCC(=O)N[C@@H](CC(=O)O)C(=O)N[C@@H](CO)C(=O)N1CCC[C@H]1C(=O)N[C@@H](CCCCN)C(N)=O. The van der Waals surface area contributed by atoms with Crippen LogP contribution in [-0.2, 0) is 62.3 Å². The minimum Gasteiger partial charge on any atom is -0.481 e. The van der Waals surface area contributed by atoms with Gasteiger partial charge in [-0.15, -0.1) is 0 Å². The molecule has 0 saturated carbocycles. The number of hydrogen-bond donors (Lipinski definition) is 17. The van der Waals surface area contributed by atoms with Crippen LogP contribution in [-0.4, -0.2) is 200 Å². The smallest absolute Gasteiger partial charge is 0.305 e. The molecule has 32 heteroatoms.